The lowest BCUT2D eigenvalue weighted by Crippen LogP contribution is -2.24. The van der Waals surface area contributed by atoms with E-state index in [-0.39, 0.29) is 18.8 Å². The fourth-order valence-electron chi connectivity index (χ4n) is 2.80. The molecule has 0 aromatic heterocycles. The van der Waals surface area contributed by atoms with E-state index in [1.54, 1.807) is 0 Å². The molecule has 236 valence electrons. The summed E-state index contributed by atoms with van der Waals surface area (Å²) in [7, 11) is 0. The van der Waals surface area contributed by atoms with Gasteiger partial charge in [-0.2, -0.15) is 0 Å². The van der Waals surface area contributed by atoms with Crippen LogP contribution in [-0.4, -0.2) is 156 Å². The summed E-state index contributed by atoms with van der Waals surface area (Å²) in [5.74, 6) is 0. The highest BCUT2D eigenvalue weighted by Gasteiger charge is 2.07. The van der Waals surface area contributed by atoms with Crippen LogP contribution in [-0.2, 0) is 52.1 Å². The van der Waals surface area contributed by atoms with E-state index in [1.807, 2.05) is 13.8 Å². The maximum atomic E-state index is 8.57. The van der Waals surface area contributed by atoms with Gasteiger partial charge in [0.1, 0.15) is 0 Å². The van der Waals surface area contributed by atoms with Crippen molar-refractivity contribution < 1.29 is 57.2 Å². The second kappa shape index (κ2) is 33.7. The van der Waals surface area contributed by atoms with Crippen LogP contribution in [0.1, 0.15) is 27.2 Å². The Morgan fingerprint density at radius 2 is 0.718 bits per heavy atom. The molecular weight excluding hydrogens is 516 g/mol. The molecule has 0 heterocycles. The van der Waals surface area contributed by atoms with Crippen molar-refractivity contribution in [2.24, 2.45) is 0 Å². The van der Waals surface area contributed by atoms with Crippen LogP contribution in [0.4, 0.5) is 0 Å². The van der Waals surface area contributed by atoms with Crippen molar-refractivity contribution >= 4 is 0 Å². The van der Waals surface area contributed by atoms with Crippen molar-refractivity contribution in [1.82, 2.24) is 0 Å². The first-order valence-corrected chi connectivity index (χ1v) is 14.2. The van der Waals surface area contributed by atoms with Gasteiger partial charge < -0.3 is 57.2 Å². The van der Waals surface area contributed by atoms with Crippen molar-refractivity contribution in [2.45, 2.75) is 39.4 Å². The second-order valence-electron chi connectivity index (χ2n) is 8.52. The molecule has 0 saturated heterocycles. The lowest BCUT2D eigenvalue weighted by Gasteiger charge is -2.17. The Bertz CT molecular complexity index is 447. The second-order valence-corrected chi connectivity index (χ2v) is 8.52. The minimum Gasteiger partial charge on any atom is -0.394 e. The third-order valence-corrected chi connectivity index (χ3v) is 4.79. The third-order valence-electron chi connectivity index (χ3n) is 4.79. The van der Waals surface area contributed by atoms with Gasteiger partial charge in [-0.05, 0) is 20.3 Å². The predicted molar refractivity (Wildman–Crippen MR) is 146 cm³/mol. The van der Waals surface area contributed by atoms with Gasteiger partial charge in [-0.1, -0.05) is 6.92 Å². The van der Waals surface area contributed by atoms with E-state index in [0.717, 1.165) is 13.0 Å². The maximum absolute atomic E-state index is 8.57. The van der Waals surface area contributed by atoms with Crippen molar-refractivity contribution in [3.05, 3.63) is 0 Å². The average molecular weight is 573 g/mol. The molecule has 1 N–H and O–H groups in total. The standard InChI is InChI=1S/C27H56O12/c1-4-6-37-24-26(2)39-25-27(3)38-23-22-36-21-20-35-19-18-34-17-16-33-15-14-32-13-12-31-11-10-30-9-8-29-7-5-28/h26-28H,4-25H2,1-3H3. The zero-order valence-electron chi connectivity index (χ0n) is 24.6. The lowest BCUT2D eigenvalue weighted by atomic mass is 10.4. The minimum absolute atomic E-state index is 0.0127. The average Bonchev–Trinajstić information content (AvgIpc) is 2.94. The van der Waals surface area contributed by atoms with Crippen LogP contribution in [0.5, 0.6) is 0 Å². The minimum atomic E-state index is 0.0127. The molecule has 0 rings (SSSR count). The molecule has 0 aliphatic rings. The normalized spacial score (nSPS) is 13.2. The van der Waals surface area contributed by atoms with Crippen molar-refractivity contribution in [2.75, 3.05) is 139 Å². The topological polar surface area (TPSA) is 122 Å². The number of rotatable bonds is 34. The van der Waals surface area contributed by atoms with Gasteiger partial charge in [0.25, 0.3) is 0 Å². The molecule has 0 radical (unpaired) electrons. The van der Waals surface area contributed by atoms with E-state index >= 15 is 0 Å². The summed E-state index contributed by atoms with van der Waals surface area (Å²) in [5.41, 5.74) is 0. The summed E-state index contributed by atoms with van der Waals surface area (Å²) < 4.78 is 60.0. The van der Waals surface area contributed by atoms with Gasteiger partial charge in [0.2, 0.25) is 0 Å². The summed E-state index contributed by atoms with van der Waals surface area (Å²) in [6.07, 6.45) is 1.09. The van der Waals surface area contributed by atoms with Crippen LogP contribution in [0.3, 0.4) is 0 Å². The quantitative estimate of drug-likeness (QED) is 0.112. The Morgan fingerprint density at radius 1 is 0.385 bits per heavy atom. The van der Waals surface area contributed by atoms with Gasteiger partial charge in [-0.25, -0.2) is 0 Å². The molecule has 0 aliphatic carbocycles. The Labute approximate surface area is 235 Å². The highest BCUT2D eigenvalue weighted by atomic mass is 16.6. The molecule has 0 spiro atoms. The first kappa shape index (κ1) is 38.5. The van der Waals surface area contributed by atoms with Crippen LogP contribution in [0.15, 0.2) is 0 Å². The van der Waals surface area contributed by atoms with Crippen LogP contribution < -0.4 is 0 Å². The Morgan fingerprint density at radius 3 is 1.08 bits per heavy atom. The summed E-state index contributed by atoms with van der Waals surface area (Å²) >= 11 is 0. The molecule has 0 fully saturated rings. The van der Waals surface area contributed by atoms with Gasteiger partial charge >= 0.3 is 0 Å². The first-order chi connectivity index (χ1) is 19.2. The first-order valence-electron chi connectivity index (χ1n) is 14.2. The maximum Gasteiger partial charge on any atom is 0.0781 e. The van der Waals surface area contributed by atoms with E-state index in [2.05, 4.69) is 6.92 Å². The van der Waals surface area contributed by atoms with E-state index < -0.39 is 0 Å². The molecule has 0 aliphatic heterocycles. The zero-order chi connectivity index (χ0) is 28.5. The third kappa shape index (κ3) is 33.6. The Kier molecular flexibility index (Phi) is 33.3. The molecule has 0 amide bonds. The van der Waals surface area contributed by atoms with Crippen LogP contribution in [0.25, 0.3) is 0 Å². The summed E-state index contributed by atoms with van der Waals surface area (Å²) in [6, 6.07) is 0. The van der Waals surface area contributed by atoms with Crippen LogP contribution >= 0.6 is 0 Å². The molecule has 0 aromatic carbocycles. The summed E-state index contributed by atoms with van der Waals surface area (Å²) in [4.78, 5) is 0. The molecule has 0 bridgehead atoms. The molecule has 39 heavy (non-hydrogen) atoms. The number of hydrogen-bond donors (Lipinski definition) is 1. The van der Waals surface area contributed by atoms with E-state index in [1.165, 1.54) is 0 Å². The molecule has 2 unspecified atom stereocenters. The van der Waals surface area contributed by atoms with E-state index in [4.69, 9.17) is 57.2 Å². The van der Waals surface area contributed by atoms with E-state index in [9.17, 15) is 0 Å². The summed E-state index contributed by atoms with van der Waals surface area (Å²) in [6.45, 7) is 16.5. The Hall–Kier alpha value is -0.480. The molecule has 0 saturated carbocycles. The number of aliphatic hydroxyl groups is 1. The Balaban J connectivity index is 3.14. The fourth-order valence-corrected chi connectivity index (χ4v) is 2.80. The van der Waals surface area contributed by atoms with Gasteiger partial charge in [-0.15, -0.1) is 0 Å². The van der Waals surface area contributed by atoms with Gasteiger partial charge in [0.15, 0.2) is 0 Å². The van der Waals surface area contributed by atoms with Gasteiger partial charge in [0.05, 0.1) is 144 Å². The molecule has 12 nitrogen and oxygen atoms in total. The SMILES string of the molecule is CCCOCC(C)OCC(C)OCCOCCOCCOCCOCCOCCOCCOCCOCCO. The number of ether oxygens (including phenoxy) is 11. The molecular formula is C27H56O12. The largest absolute Gasteiger partial charge is 0.394 e. The monoisotopic (exact) mass is 572 g/mol. The van der Waals surface area contributed by atoms with E-state index in [0.29, 0.717) is 126 Å². The van der Waals surface area contributed by atoms with Crippen molar-refractivity contribution in [3.63, 3.8) is 0 Å². The lowest BCUT2D eigenvalue weighted by molar-refractivity contribution is -0.0686. The highest BCUT2D eigenvalue weighted by Crippen LogP contribution is 1.98. The number of aliphatic hydroxyl groups excluding tert-OH is 1. The van der Waals surface area contributed by atoms with Crippen LogP contribution in [0.2, 0.25) is 0 Å². The predicted octanol–water partition coefficient (Wildman–Crippen LogP) is 1.35. The van der Waals surface area contributed by atoms with Crippen molar-refractivity contribution in [1.29, 1.82) is 0 Å². The smallest absolute Gasteiger partial charge is 0.0781 e. The summed E-state index contributed by atoms with van der Waals surface area (Å²) in [5, 5.41) is 8.57. The number of hydrogen-bond acceptors (Lipinski definition) is 12. The molecule has 12 heteroatoms. The molecule has 2 atom stereocenters. The van der Waals surface area contributed by atoms with Gasteiger partial charge in [0, 0.05) is 6.61 Å². The van der Waals surface area contributed by atoms with Crippen LogP contribution in [0, 0.1) is 0 Å². The highest BCUT2D eigenvalue weighted by molar-refractivity contribution is 4.52. The van der Waals surface area contributed by atoms with Crippen molar-refractivity contribution in [3.8, 4) is 0 Å². The van der Waals surface area contributed by atoms with Gasteiger partial charge in [-0.3, -0.25) is 0 Å². The molecule has 0 aromatic rings. The zero-order valence-corrected chi connectivity index (χ0v) is 24.6. The fraction of sp³-hybridized carbons (Fsp3) is 1.00.